The fraction of sp³-hybridized carbons (Fsp3) is 0.533. The minimum atomic E-state index is -0.239. The topological polar surface area (TPSA) is 41.6 Å². The van der Waals surface area contributed by atoms with Crippen molar-refractivity contribution in [1.29, 1.82) is 0 Å². The number of ether oxygens (including phenoxy) is 1. The van der Waals surface area contributed by atoms with Crippen LogP contribution in [-0.4, -0.2) is 42.1 Å². The molecule has 3 atom stereocenters. The average Bonchev–Trinajstić information content (AvgIpc) is 2.35. The highest BCUT2D eigenvalue weighted by Gasteiger charge is 2.29. The summed E-state index contributed by atoms with van der Waals surface area (Å²) < 4.78 is 5.69. The fourth-order valence-electron chi connectivity index (χ4n) is 2.57. The maximum Gasteiger partial charge on any atom is 0.241 e. The van der Waals surface area contributed by atoms with Gasteiger partial charge in [-0.15, -0.1) is 0 Å². The molecule has 4 nitrogen and oxygen atoms in total. The van der Waals surface area contributed by atoms with Gasteiger partial charge in [0.25, 0.3) is 0 Å². The average molecular weight is 331 g/mol. The number of carbonyl (C=O) groups is 1. The molecule has 1 aliphatic rings. The Morgan fingerprint density at radius 1 is 1.24 bits per heavy atom. The van der Waals surface area contributed by atoms with Crippen molar-refractivity contribution in [3.8, 4) is 0 Å². The van der Waals surface area contributed by atoms with E-state index in [0.717, 1.165) is 13.1 Å². The van der Waals surface area contributed by atoms with Crippen LogP contribution in [-0.2, 0) is 9.53 Å². The quantitative estimate of drug-likeness (QED) is 0.923. The Morgan fingerprint density at radius 3 is 2.29 bits per heavy atom. The van der Waals surface area contributed by atoms with Gasteiger partial charge in [0.05, 0.1) is 18.2 Å². The van der Waals surface area contributed by atoms with Gasteiger partial charge in [-0.3, -0.25) is 9.69 Å². The SMILES string of the molecule is C[C@H](C(=O)Nc1cc(Cl)cc(Cl)c1)N1C[C@H](C)O[C@@H](C)C1. The number of anilines is 1. The van der Waals surface area contributed by atoms with Crippen LogP contribution >= 0.6 is 23.2 Å². The first-order chi connectivity index (χ1) is 9.85. The van der Waals surface area contributed by atoms with E-state index >= 15 is 0 Å². The molecule has 2 rings (SSSR count). The summed E-state index contributed by atoms with van der Waals surface area (Å²) in [7, 11) is 0. The molecule has 6 heteroatoms. The van der Waals surface area contributed by atoms with Crippen LogP contribution in [0.4, 0.5) is 5.69 Å². The lowest BCUT2D eigenvalue weighted by Gasteiger charge is -2.38. The summed E-state index contributed by atoms with van der Waals surface area (Å²) in [6.07, 6.45) is 0.259. The Hall–Kier alpha value is -0.810. The van der Waals surface area contributed by atoms with Crippen LogP contribution in [0.1, 0.15) is 20.8 Å². The molecule has 1 aromatic rings. The lowest BCUT2D eigenvalue weighted by Crippen LogP contribution is -2.52. The Morgan fingerprint density at radius 2 is 1.76 bits per heavy atom. The zero-order chi connectivity index (χ0) is 15.6. The molecule has 0 bridgehead atoms. The Kier molecular flexibility index (Phi) is 5.49. The molecule has 0 spiro atoms. The molecule has 1 heterocycles. The fourth-order valence-corrected chi connectivity index (χ4v) is 3.10. The van der Waals surface area contributed by atoms with E-state index in [-0.39, 0.29) is 24.2 Å². The number of nitrogens with zero attached hydrogens (tertiary/aromatic N) is 1. The maximum absolute atomic E-state index is 12.4. The Bertz CT molecular complexity index is 494. The van der Waals surface area contributed by atoms with Gasteiger partial charge in [-0.2, -0.15) is 0 Å². The van der Waals surface area contributed by atoms with E-state index in [1.807, 2.05) is 20.8 Å². The molecule has 1 N–H and O–H groups in total. The summed E-state index contributed by atoms with van der Waals surface area (Å²) in [4.78, 5) is 14.5. The van der Waals surface area contributed by atoms with Crippen LogP contribution in [0.25, 0.3) is 0 Å². The van der Waals surface area contributed by atoms with Gasteiger partial charge < -0.3 is 10.1 Å². The van der Waals surface area contributed by atoms with Gasteiger partial charge in [-0.05, 0) is 39.0 Å². The number of amides is 1. The van der Waals surface area contributed by atoms with E-state index < -0.39 is 0 Å². The molecular weight excluding hydrogens is 311 g/mol. The lowest BCUT2D eigenvalue weighted by atomic mass is 10.1. The summed E-state index contributed by atoms with van der Waals surface area (Å²) in [5.41, 5.74) is 0.610. The number of hydrogen-bond acceptors (Lipinski definition) is 3. The van der Waals surface area contributed by atoms with E-state index in [4.69, 9.17) is 27.9 Å². The van der Waals surface area contributed by atoms with Crippen molar-refractivity contribution in [3.63, 3.8) is 0 Å². The maximum atomic E-state index is 12.4. The number of rotatable bonds is 3. The van der Waals surface area contributed by atoms with Crippen LogP contribution < -0.4 is 5.32 Å². The normalized spacial score (nSPS) is 24.6. The van der Waals surface area contributed by atoms with Crippen molar-refractivity contribution in [2.75, 3.05) is 18.4 Å². The molecule has 0 aromatic heterocycles. The first-order valence-corrected chi connectivity index (χ1v) is 7.77. The van der Waals surface area contributed by atoms with E-state index in [1.165, 1.54) is 0 Å². The van der Waals surface area contributed by atoms with Gasteiger partial charge in [-0.1, -0.05) is 23.2 Å². The molecule has 0 radical (unpaired) electrons. The monoisotopic (exact) mass is 330 g/mol. The van der Waals surface area contributed by atoms with Gasteiger partial charge in [-0.25, -0.2) is 0 Å². The second-order valence-corrected chi connectivity index (χ2v) is 6.41. The largest absolute Gasteiger partial charge is 0.373 e. The van der Waals surface area contributed by atoms with Crippen LogP contribution in [0.15, 0.2) is 18.2 Å². The summed E-state index contributed by atoms with van der Waals surface area (Å²) in [6.45, 7) is 7.42. The first kappa shape index (κ1) is 16.6. The van der Waals surface area contributed by atoms with Gasteiger partial charge in [0.2, 0.25) is 5.91 Å². The predicted octanol–water partition coefficient (Wildman–Crippen LogP) is 3.43. The summed E-state index contributed by atoms with van der Waals surface area (Å²) in [6, 6.07) is 4.76. The molecule has 1 aromatic carbocycles. The second kappa shape index (κ2) is 6.97. The third-order valence-corrected chi connectivity index (χ3v) is 3.94. The minimum Gasteiger partial charge on any atom is -0.373 e. The molecule has 1 fully saturated rings. The van der Waals surface area contributed by atoms with Crippen molar-refractivity contribution in [3.05, 3.63) is 28.2 Å². The van der Waals surface area contributed by atoms with Gasteiger partial charge in [0.15, 0.2) is 0 Å². The Balaban J connectivity index is 2.02. The number of benzene rings is 1. The van der Waals surface area contributed by atoms with Crippen LogP contribution in [0.3, 0.4) is 0 Å². The zero-order valence-corrected chi connectivity index (χ0v) is 13.9. The van der Waals surface area contributed by atoms with Gasteiger partial charge in [0.1, 0.15) is 0 Å². The molecule has 0 unspecified atom stereocenters. The third-order valence-electron chi connectivity index (χ3n) is 3.51. The van der Waals surface area contributed by atoms with E-state index in [0.29, 0.717) is 15.7 Å². The molecule has 1 aliphatic heterocycles. The molecule has 21 heavy (non-hydrogen) atoms. The van der Waals surface area contributed by atoms with Crippen molar-refractivity contribution in [2.45, 2.75) is 39.0 Å². The zero-order valence-electron chi connectivity index (χ0n) is 12.4. The summed E-state index contributed by atoms with van der Waals surface area (Å²) >= 11 is 11.9. The predicted molar refractivity (Wildman–Crippen MR) is 86.1 cm³/mol. The highest BCUT2D eigenvalue weighted by atomic mass is 35.5. The third kappa shape index (κ3) is 4.58. The number of morpholine rings is 1. The van der Waals surface area contributed by atoms with Gasteiger partial charge >= 0.3 is 0 Å². The first-order valence-electron chi connectivity index (χ1n) is 7.01. The van der Waals surface area contributed by atoms with Crippen molar-refractivity contribution in [2.24, 2.45) is 0 Å². The van der Waals surface area contributed by atoms with Crippen molar-refractivity contribution >= 4 is 34.8 Å². The highest BCUT2D eigenvalue weighted by molar-refractivity contribution is 6.35. The lowest BCUT2D eigenvalue weighted by molar-refractivity contribution is -0.126. The van der Waals surface area contributed by atoms with Crippen LogP contribution in [0.2, 0.25) is 10.0 Å². The van der Waals surface area contributed by atoms with Crippen molar-refractivity contribution in [1.82, 2.24) is 4.90 Å². The Labute approximate surface area is 135 Å². The molecular formula is C15H20Cl2N2O2. The number of halogens is 2. The van der Waals surface area contributed by atoms with Crippen LogP contribution in [0, 0.1) is 0 Å². The standard InChI is InChI=1S/C15H20Cl2N2O2/c1-9-7-19(8-10(2)21-9)11(3)15(20)18-14-5-12(16)4-13(17)6-14/h4-6,9-11H,7-8H2,1-3H3,(H,18,20)/t9-,10-,11+/m0/s1. The van der Waals surface area contributed by atoms with Crippen molar-refractivity contribution < 1.29 is 9.53 Å². The summed E-state index contributed by atoms with van der Waals surface area (Å²) in [5, 5.41) is 3.86. The number of hydrogen-bond donors (Lipinski definition) is 1. The van der Waals surface area contributed by atoms with Gasteiger partial charge in [0, 0.05) is 28.8 Å². The summed E-state index contributed by atoms with van der Waals surface area (Å²) in [5.74, 6) is -0.0744. The van der Waals surface area contributed by atoms with Crippen LogP contribution in [0.5, 0.6) is 0 Å². The molecule has 0 aliphatic carbocycles. The minimum absolute atomic E-state index is 0.0744. The van der Waals surface area contributed by atoms with E-state index in [9.17, 15) is 4.79 Å². The van der Waals surface area contributed by atoms with E-state index in [1.54, 1.807) is 18.2 Å². The van der Waals surface area contributed by atoms with E-state index in [2.05, 4.69) is 10.2 Å². The molecule has 1 amide bonds. The molecule has 116 valence electrons. The highest BCUT2D eigenvalue weighted by Crippen LogP contribution is 2.23. The smallest absolute Gasteiger partial charge is 0.241 e. The molecule has 0 saturated carbocycles. The number of nitrogens with one attached hydrogen (secondary N) is 1. The molecule has 1 saturated heterocycles. The second-order valence-electron chi connectivity index (χ2n) is 5.53. The number of carbonyl (C=O) groups excluding carboxylic acids is 1.